The van der Waals surface area contributed by atoms with Crippen molar-refractivity contribution in [3.8, 4) is 0 Å². The number of rotatable bonds is 4. The molecule has 1 aromatic rings. The number of ether oxygens (including phenoxy) is 2. The number of thioether (sulfide) groups is 1. The first-order valence-corrected chi connectivity index (χ1v) is 8.99. The monoisotopic (exact) mass is 337 g/mol. The van der Waals surface area contributed by atoms with Gasteiger partial charge in [-0.15, -0.1) is 11.8 Å². The number of cyclic esters (lactones) is 1. The van der Waals surface area contributed by atoms with Crippen molar-refractivity contribution in [2.45, 2.75) is 63.6 Å². The molecule has 128 valence electrons. The van der Waals surface area contributed by atoms with E-state index in [0.717, 1.165) is 17.0 Å². The number of hydrogen-bond acceptors (Lipinski definition) is 5. The summed E-state index contributed by atoms with van der Waals surface area (Å²) in [5.41, 5.74) is 6.54. The van der Waals surface area contributed by atoms with Crippen LogP contribution in [0.4, 0.5) is 5.69 Å². The highest BCUT2D eigenvalue weighted by atomic mass is 32.2. The third-order valence-electron chi connectivity index (χ3n) is 4.05. The molecule has 0 saturated carbocycles. The van der Waals surface area contributed by atoms with E-state index in [1.165, 1.54) is 0 Å². The maximum atomic E-state index is 12.6. The van der Waals surface area contributed by atoms with Gasteiger partial charge in [0, 0.05) is 21.2 Å². The van der Waals surface area contributed by atoms with Crippen LogP contribution in [0.5, 0.6) is 0 Å². The number of carbonyl (C=O) groups is 1. The maximum Gasteiger partial charge on any atom is 0.315 e. The van der Waals surface area contributed by atoms with Crippen molar-refractivity contribution < 1.29 is 14.3 Å². The number of benzene rings is 1. The van der Waals surface area contributed by atoms with Gasteiger partial charge in [0.2, 0.25) is 6.29 Å². The van der Waals surface area contributed by atoms with Gasteiger partial charge in [-0.1, -0.05) is 39.8 Å². The third kappa shape index (κ3) is 4.21. The van der Waals surface area contributed by atoms with Crippen molar-refractivity contribution in [1.29, 1.82) is 0 Å². The highest BCUT2D eigenvalue weighted by Crippen LogP contribution is 2.40. The first kappa shape index (κ1) is 18.1. The number of para-hydroxylation sites is 1. The number of esters is 1. The Hall–Kier alpha value is -1.20. The second-order valence-corrected chi connectivity index (χ2v) is 8.39. The third-order valence-corrected chi connectivity index (χ3v) is 5.60. The van der Waals surface area contributed by atoms with Crippen molar-refractivity contribution >= 4 is 23.4 Å². The number of nitrogen functional groups attached to an aromatic ring is 1. The molecule has 2 rings (SSSR count). The zero-order valence-electron chi connectivity index (χ0n) is 14.5. The van der Waals surface area contributed by atoms with Crippen LogP contribution in [0.15, 0.2) is 29.2 Å². The van der Waals surface area contributed by atoms with Crippen molar-refractivity contribution in [1.82, 2.24) is 0 Å². The van der Waals surface area contributed by atoms with Gasteiger partial charge in [-0.05, 0) is 25.5 Å². The molecule has 4 atom stereocenters. The summed E-state index contributed by atoms with van der Waals surface area (Å²) >= 11 is 1.63. The summed E-state index contributed by atoms with van der Waals surface area (Å²) in [7, 11) is 0. The second kappa shape index (κ2) is 7.14. The molecule has 1 aliphatic rings. The van der Waals surface area contributed by atoms with Crippen LogP contribution in [0.3, 0.4) is 0 Å². The maximum absolute atomic E-state index is 12.6. The van der Waals surface area contributed by atoms with Crippen molar-refractivity contribution in [2.24, 2.45) is 11.3 Å². The van der Waals surface area contributed by atoms with Gasteiger partial charge in [-0.25, -0.2) is 0 Å². The van der Waals surface area contributed by atoms with E-state index in [9.17, 15) is 4.79 Å². The zero-order chi connectivity index (χ0) is 17.2. The summed E-state index contributed by atoms with van der Waals surface area (Å²) in [6, 6.07) is 7.74. The van der Waals surface area contributed by atoms with Crippen molar-refractivity contribution in [3.63, 3.8) is 0 Å². The molecule has 2 N–H and O–H groups in total. The van der Waals surface area contributed by atoms with Gasteiger partial charge in [0.25, 0.3) is 0 Å². The molecule has 0 radical (unpaired) electrons. The predicted molar refractivity (Wildman–Crippen MR) is 94.2 cm³/mol. The molecule has 23 heavy (non-hydrogen) atoms. The lowest BCUT2D eigenvalue weighted by Crippen LogP contribution is -2.50. The van der Waals surface area contributed by atoms with E-state index in [1.807, 2.05) is 52.0 Å². The van der Waals surface area contributed by atoms with Gasteiger partial charge < -0.3 is 15.2 Å². The molecule has 0 amide bonds. The molecule has 1 aromatic carbocycles. The van der Waals surface area contributed by atoms with Crippen molar-refractivity contribution in [3.05, 3.63) is 24.3 Å². The predicted octanol–water partition coefficient (Wildman–Crippen LogP) is 4.09. The van der Waals surface area contributed by atoms with E-state index in [1.54, 1.807) is 11.8 Å². The fourth-order valence-corrected chi connectivity index (χ4v) is 4.01. The first-order valence-electron chi connectivity index (χ1n) is 8.11. The average Bonchev–Trinajstić information content (AvgIpc) is 2.46. The first-order chi connectivity index (χ1) is 10.7. The molecule has 0 aliphatic carbocycles. The summed E-state index contributed by atoms with van der Waals surface area (Å²) in [4.78, 5) is 13.6. The van der Waals surface area contributed by atoms with Crippen LogP contribution in [0.1, 0.15) is 41.0 Å². The van der Waals surface area contributed by atoms with Gasteiger partial charge in [0.1, 0.15) is 0 Å². The Morgan fingerprint density at radius 3 is 2.48 bits per heavy atom. The molecule has 1 heterocycles. The number of carbonyl (C=O) groups excluding carboxylic acids is 1. The highest BCUT2D eigenvalue weighted by molar-refractivity contribution is 8.00. The Labute approximate surface area is 143 Å². The summed E-state index contributed by atoms with van der Waals surface area (Å²) in [6.07, 6.45) is 0.167. The normalized spacial score (nSPS) is 26.7. The van der Waals surface area contributed by atoms with Crippen LogP contribution in [0.25, 0.3) is 0 Å². The standard InChI is InChI=1S/C18H27NO3S/c1-6-13(23-14-10-8-7-9-12(14)19)15-11(2)21-17(18(3,4)5)22-16(15)20/h7-11,13,15,17H,6,19H2,1-5H3/t11-,13-,15?,17-/m1/s1. The number of anilines is 1. The van der Waals surface area contributed by atoms with Crippen LogP contribution in [-0.2, 0) is 14.3 Å². The quantitative estimate of drug-likeness (QED) is 0.509. The lowest BCUT2D eigenvalue weighted by molar-refractivity contribution is -0.253. The van der Waals surface area contributed by atoms with E-state index < -0.39 is 6.29 Å². The molecule has 5 heteroatoms. The molecule has 0 bridgehead atoms. The van der Waals surface area contributed by atoms with Crippen LogP contribution >= 0.6 is 11.8 Å². The SMILES string of the molecule is CC[C@@H](Sc1ccccc1N)C1C(=O)O[C@H](C(C)(C)C)O[C@@H]1C. The summed E-state index contributed by atoms with van der Waals surface area (Å²) in [5.74, 6) is -0.458. The van der Waals surface area contributed by atoms with E-state index in [-0.39, 0.29) is 28.7 Å². The summed E-state index contributed by atoms with van der Waals surface area (Å²) in [6.45, 7) is 10.1. The Balaban J connectivity index is 2.15. The van der Waals surface area contributed by atoms with Gasteiger partial charge in [-0.2, -0.15) is 0 Å². The Morgan fingerprint density at radius 1 is 1.30 bits per heavy atom. The molecule has 1 saturated heterocycles. The van der Waals surface area contributed by atoms with E-state index in [0.29, 0.717) is 0 Å². The second-order valence-electron chi connectivity index (χ2n) is 7.10. The Morgan fingerprint density at radius 2 is 1.96 bits per heavy atom. The molecule has 0 spiro atoms. The summed E-state index contributed by atoms with van der Waals surface area (Å²) < 4.78 is 11.6. The van der Waals surface area contributed by atoms with E-state index >= 15 is 0 Å². The van der Waals surface area contributed by atoms with Gasteiger partial charge in [0.05, 0.1) is 12.0 Å². The zero-order valence-corrected chi connectivity index (χ0v) is 15.4. The molecule has 0 aromatic heterocycles. The fraction of sp³-hybridized carbons (Fsp3) is 0.611. The topological polar surface area (TPSA) is 61.6 Å². The van der Waals surface area contributed by atoms with Crippen LogP contribution in [0, 0.1) is 11.3 Å². The highest BCUT2D eigenvalue weighted by Gasteiger charge is 2.45. The van der Waals surface area contributed by atoms with Crippen molar-refractivity contribution in [2.75, 3.05) is 5.73 Å². The Kier molecular flexibility index (Phi) is 5.63. The molecule has 1 aliphatic heterocycles. The van der Waals surface area contributed by atoms with Gasteiger partial charge in [0.15, 0.2) is 0 Å². The van der Waals surface area contributed by atoms with Crippen LogP contribution < -0.4 is 5.73 Å². The largest absolute Gasteiger partial charge is 0.435 e. The van der Waals surface area contributed by atoms with E-state index in [4.69, 9.17) is 15.2 Å². The smallest absolute Gasteiger partial charge is 0.315 e. The van der Waals surface area contributed by atoms with Crippen LogP contribution in [-0.4, -0.2) is 23.6 Å². The molecule has 4 nitrogen and oxygen atoms in total. The lowest BCUT2D eigenvalue weighted by Gasteiger charge is -2.41. The molecular weight excluding hydrogens is 310 g/mol. The summed E-state index contributed by atoms with van der Waals surface area (Å²) in [5, 5.41) is 0.0723. The minimum Gasteiger partial charge on any atom is -0.435 e. The molecule has 1 unspecified atom stereocenters. The van der Waals surface area contributed by atoms with E-state index in [2.05, 4.69) is 6.92 Å². The lowest BCUT2D eigenvalue weighted by atomic mass is 9.92. The molecular formula is C18H27NO3S. The average molecular weight is 337 g/mol. The number of nitrogens with two attached hydrogens (primary N) is 1. The van der Waals surface area contributed by atoms with Crippen LogP contribution in [0.2, 0.25) is 0 Å². The molecule has 1 fully saturated rings. The minimum atomic E-state index is -0.495. The minimum absolute atomic E-state index is 0.0723. The van der Waals surface area contributed by atoms with Gasteiger partial charge in [-0.3, -0.25) is 4.79 Å². The van der Waals surface area contributed by atoms with Gasteiger partial charge >= 0.3 is 5.97 Å². The number of hydrogen-bond donors (Lipinski definition) is 1. The Bertz CT molecular complexity index is 555. The fourth-order valence-electron chi connectivity index (χ4n) is 2.68.